The Bertz CT molecular complexity index is 950. The van der Waals surface area contributed by atoms with E-state index in [2.05, 4.69) is 48.9 Å². The lowest BCUT2D eigenvalue weighted by Gasteiger charge is -2.20. The van der Waals surface area contributed by atoms with Crippen LogP contribution in [0.25, 0.3) is 0 Å². The molecule has 2 heterocycles. The number of nitrogens with zero attached hydrogens (tertiary/aromatic N) is 2. The molecule has 3 aliphatic rings. The lowest BCUT2D eigenvalue weighted by atomic mass is 9.85. The molecule has 1 aromatic heterocycles. The van der Waals surface area contributed by atoms with Gasteiger partial charge >= 0.3 is 0 Å². The van der Waals surface area contributed by atoms with Crippen molar-refractivity contribution in [2.75, 3.05) is 0 Å². The number of thioether (sulfide) groups is 1. The molecule has 0 saturated heterocycles. The minimum atomic E-state index is 0.279. The SMILES string of the molecule is CC1=CC2c3c(c(C(=O)CC4CCCCC4)nn3Cc3ccc(C)cc3)CC2S1. The van der Waals surface area contributed by atoms with Crippen LogP contribution in [0.5, 0.6) is 0 Å². The molecule has 0 radical (unpaired) electrons. The first-order chi connectivity index (χ1) is 14.1. The van der Waals surface area contributed by atoms with Gasteiger partial charge in [0.25, 0.3) is 0 Å². The number of carbonyl (C=O) groups is 1. The summed E-state index contributed by atoms with van der Waals surface area (Å²) in [5, 5.41) is 5.48. The van der Waals surface area contributed by atoms with E-state index in [9.17, 15) is 4.79 Å². The zero-order valence-corrected chi connectivity index (χ0v) is 18.3. The Kier molecular flexibility index (Phi) is 5.15. The van der Waals surface area contributed by atoms with Crippen LogP contribution in [0.4, 0.5) is 0 Å². The lowest BCUT2D eigenvalue weighted by Crippen LogP contribution is -2.16. The molecule has 29 heavy (non-hydrogen) atoms. The number of aromatic nitrogens is 2. The Balaban J connectivity index is 1.47. The van der Waals surface area contributed by atoms with Crippen LogP contribution < -0.4 is 0 Å². The van der Waals surface area contributed by atoms with Crippen LogP contribution in [0.1, 0.15) is 84.2 Å². The number of benzene rings is 1. The molecule has 1 aromatic carbocycles. The van der Waals surface area contributed by atoms with Gasteiger partial charge in [0.15, 0.2) is 5.78 Å². The van der Waals surface area contributed by atoms with Crippen LogP contribution in [0.3, 0.4) is 0 Å². The monoisotopic (exact) mass is 406 g/mol. The maximum Gasteiger partial charge on any atom is 0.183 e. The van der Waals surface area contributed by atoms with Gasteiger partial charge in [0.1, 0.15) is 5.69 Å². The zero-order valence-electron chi connectivity index (χ0n) is 17.5. The third-order valence-corrected chi connectivity index (χ3v) is 8.15. The number of carbonyl (C=O) groups excluding carboxylic acids is 1. The Labute approximate surface area is 178 Å². The van der Waals surface area contributed by atoms with Crippen molar-refractivity contribution in [3.05, 3.63) is 63.3 Å². The Morgan fingerprint density at radius 3 is 2.66 bits per heavy atom. The summed E-state index contributed by atoms with van der Waals surface area (Å²) in [6.45, 7) is 5.07. The summed E-state index contributed by atoms with van der Waals surface area (Å²) >= 11 is 1.98. The topological polar surface area (TPSA) is 34.9 Å². The number of rotatable bonds is 5. The van der Waals surface area contributed by atoms with Crippen LogP contribution in [-0.4, -0.2) is 20.8 Å². The fourth-order valence-electron chi connectivity index (χ4n) is 5.38. The molecule has 1 fully saturated rings. The van der Waals surface area contributed by atoms with E-state index in [0.29, 0.717) is 23.5 Å². The Hall–Kier alpha value is -1.81. The molecule has 3 nitrogen and oxygen atoms in total. The first kappa shape index (κ1) is 19.2. The first-order valence-electron chi connectivity index (χ1n) is 11.1. The molecule has 2 atom stereocenters. The quantitative estimate of drug-likeness (QED) is 0.567. The summed E-state index contributed by atoms with van der Waals surface area (Å²) in [5.74, 6) is 1.25. The van der Waals surface area contributed by atoms with Crippen LogP contribution in [0, 0.1) is 12.8 Å². The highest BCUT2D eigenvalue weighted by Crippen LogP contribution is 2.50. The van der Waals surface area contributed by atoms with Gasteiger partial charge in [-0.1, -0.05) is 68.0 Å². The number of allylic oxidation sites excluding steroid dienone is 2. The highest BCUT2D eigenvalue weighted by molar-refractivity contribution is 8.03. The highest BCUT2D eigenvalue weighted by atomic mass is 32.2. The van der Waals surface area contributed by atoms with Gasteiger partial charge in [-0.15, -0.1) is 11.8 Å². The molecular formula is C25H30N2OS. The maximum absolute atomic E-state index is 13.3. The molecule has 0 amide bonds. The van der Waals surface area contributed by atoms with Gasteiger partial charge in [-0.2, -0.15) is 5.10 Å². The molecule has 4 heteroatoms. The fraction of sp³-hybridized carbons (Fsp3) is 0.520. The fourth-order valence-corrected chi connectivity index (χ4v) is 6.69. The van der Waals surface area contributed by atoms with E-state index in [-0.39, 0.29) is 5.78 Å². The summed E-state index contributed by atoms with van der Waals surface area (Å²) < 4.78 is 2.15. The first-order valence-corrected chi connectivity index (χ1v) is 12.0. The molecule has 152 valence electrons. The summed E-state index contributed by atoms with van der Waals surface area (Å²) in [5.41, 5.74) is 5.84. The van der Waals surface area contributed by atoms with E-state index in [1.165, 1.54) is 59.4 Å². The van der Waals surface area contributed by atoms with Crippen molar-refractivity contribution in [2.45, 2.75) is 76.5 Å². The molecule has 0 spiro atoms. The van der Waals surface area contributed by atoms with E-state index < -0.39 is 0 Å². The van der Waals surface area contributed by atoms with Crippen molar-refractivity contribution in [3.8, 4) is 0 Å². The molecule has 1 saturated carbocycles. The molecule has 2 aromatic rings. The largest absolute Gasteiger partial charge is 0.292 e. The van der Waals surface area contributed by atoms with Crippen molar-refractivity contribution < 1.29 is 4.79 Å². The van der Waals surface area contributed by atoms with Crippen LogP contribution in [0.2, 0.25) is 0 Å². The summed E-state index contributed by atoms with van der Waals surface area (Å²) in [4.78, 5) is 14.7. The molecule has 1 aliphatic heterocycles. The van der Waals surface area contributed by atoms with Gasteiger partial charge in [-0.25, -0.2) is 0 Å². The lowest BCUT2D eigenvalue weighted by molar-refractivity contribution is 0.0943. The average Bonchev–Trinajstić information content (AvgIpc) is 3.34. The van der Waals surface area contributed by atoms with Gasteiger partial charge in [-0.05, 0) is 36.7 Å². The van der Waals surface area contributed by atoms with Crippen molar-refractivity contribution in [1.82, 2.24) is 9.78 Å². The number of fused-ring (bicyclic) bond motifs is 3. The summed E-state index contributed by atoms with van der Waals surface area (Å²) in [6, 6.07) is 8.69. The Morgan fingerprint density at radius 1 is 1.14 bits per heavy atom. The number of hydrogen-bond acceptors (Lipinski definition) is 3. The minimum absolute atomic E-state index is 0.279. The predicted octanol–water partition coefficient (Wildman–Crippen LogP) is 6.05. The molecule has 0 N–H and O–H groups in total. The van der Waals surface area contributed by atoms with Gasteiger partial charge in [-0.3, -0.25) is 9.48 Å². The normalized spacial score (nSPS) is 23.7. The van der Waals surface area contributed by atoms with Crippen molar-refractivity contribution in [3.63, 3.8) is 0 Å². The maximum atomic E-state index is 13.3. The summed E-state index contributed by atoms with van der Waals surface area (Å²) in [6.07, 6.45) is 10.4. The average molecular weight is 407 g/mol. The molecule has 2 aliphatic carbocycles. The number of ketones is 1. The highest BCUT2D eigenvalue weighted by Gasteiger charge is 2.42. The van der Waals surface area contributed by atoms with E-state index in [1.54, 1.807) is 0 Å². The molecule has 2 unspecified atom stereocenters. The van der Waals surface area contributed by atoms with Crippen LogP contribution in [0.15, 0.2) is 35.2 Å². The third kappa shape index (κ3) is 3.72. The number of Topliss-reactive ketones (excluding diaryl/α,β-unsaturated/α-hetero) is 1. The van der Waals surface area contributed by atoms with Crippen LogP contribution >= 0.6 is 11.8 Å². The van der Waals surface area contributed by atoms with Crippen molar-refractivity contribution in [2.24, 2.45) is 5.92 Å². The van der Waals surface area contributed by atoms with E-state index >= 15 is 0 Å². The predicted molar refractivity (Wildman–Crippen MR) is 120 cm³/mol. The third-order valence-electron chi connectivity index (χ3n) is 6.88. The second kappa shape index (κ2) is 7.79. The van der Waals surface area contributed by atoms with E-state index in [4.69, 9.17) is 5.10 Å². The molecule has 5 rings (SSSR count). The van der Waals surface area contributed by atoms with Gasteiger partial charge in [0.2, 0.25) is 0 Å². The molecule has 0 bridgehead atoms. The standard InChI is InChI=1S/C25H30N2OS/c1-16-8-10-19(11-9-16)15-27-25-20-12-17(2)29-23(20)14-21(25)24(26-27)22(28)13-18-6-4-3-5-7-18/h8-12,18,20,23H,3-7,13-15H2,1-2H3. The zero-order chi connectivity index (χ0) is 20.0. The van der Waals surface area contributed by atoms with Crippen molar-refractivity contribution in [1.29, 1.82) is 0 Å². The van der Waals surface area contributed by atoms with Crippen LogP contribution in [-0.2, 0) is 13.0 Å². The Morgan fingerprint density at radius 2 is 1.90 bits per heavy atom. The van der Waals surface area contributed by atoms with Gasteiger partial charge in [0.05, 0.1) is 12.2 Å². The number of hydrogen-bond donors (Lipinski definition) is 0. The van der Waals surface area contributed by atoms with Gasteiger partial charge in [0, 0.05) is 23.2 Å². The van der Waals surface area contributed by atoms with E-state index in [1.807, 2.05) is 11.8 Å². The second-order valence-corrected chi connectivity index (χ2v) is 10.6. The van der Waals surface area contributed by atoms with Crippen molar-refractivity contribution >= 4 is 17.5 Å². The second-order valence-electron chi connectivity index (χ2n) is 9.15. The summed E-state index contributed by atoms with van der Waals surface area (Å²) in [7, 11) is 0. The molecular weight excluding hydrogens is 376 g/mol. The number of aryl methyl sites for hydroxylation is 1. The smallest absolute Gasteiger partial charge is 0.183 e. The van der Waals surface area contributed by atoms with E-state index in [0.717, 1.165) is 18.7 Å². The minimum Gasteiger partial charge on any atom is -0.292 e. The van der Waals surface area contributed by atoms with Gasteiger partial charge < -0.3 is 0 Å².